The van der Waals surface area contributed by atoms with Gasteiger partial charge in [0.05, 0.1) is 11.1 Å². The molecule has 8 nitrogen and oxygen atoms in total. The second-order valence-electron chi connectivity index (χ2n) is 6.83. The van der Waals surface area contributed by atoms with Crippen LogP contribution in [0.3, 0.4) is 0 Å². The van der Waals surface area contributed by atoms with Crippen LogP contribution in [0.5, 0.6) is 0 Å². The van der Waals surface area contributed by atoms with Crippen molar-refractivity contribution in [2.45, 2.75) is 40.5 Å². The van der Waals surface area contributed by atoms with Crippen molar-refractivity contribution in [2.75, 3.05) is 19.6 Å². The van der Waals surface area contributed by atoms with Gasteiger partial charge in [-0.2, -0.15) is 4.99 Å². The van der Waals surface area contributed by atoms with Gasteiger partial charge in [0.1, 0.15) is 11.3 Å². The van der Waals surface area contributed by atoms with E-state index >= 15 is 0 Å². The summed E-state index contributed by atoms with van der Waals surface area (Å²) in [6, 6.07) is 0. The second kappa shape index (κ2) is 6.78. The second-order valence-corrected chi connectivity index (χ2v) is 6.83. The van der Waals surface area contributed by atoms with Gasteiger partial charge in [0.2, 0.25) is 5.91 Å². The largest absolute Gasteiger partial charge is 0.373 e. The number of rotatable bonds is 4. The Hall–Kier alpha value is -2.51. The molecule has 136 valence electrons. The SMILES string of the molecule is CCNC(=O)C1(C)CCCN(C=C2N=C(c3c(C)noc3C)ON2)C1. The maximum atomic E-state index is 12.3. The zero-order valence-corrected chi connectivity index (χ0v) is 15.2. The number of aliphatic imine (C=N–C) groups is 1. The Morgan fingerprint density at radius 2 is 2.28 bits per heavy atom. The molecular formula is C17H25N5O3. The van der Waals surface area contributed by atoms with Gasteiger partial charge in [-0.05, 0) is 40.5 Å². The first-order valence-electron chi connectivity index (χ1n) is 8.62. The van der Waals surface area contributed by atoms with Crippen molar-refractivity contribution in [3.05, 3.63) is 29.0 Å². The highest BCUT2D eigenvalue weighted by Gasteiger charge is 2.37. The molecule has 25 heavy (non-hydrogen) atoms. The summed E-state index contributed by atoms with van der Waals surface area (Å²) in [6.45, 7) is 9.81. The quantitative estimate of drug-likeness (QED) is 0.860. The number of amides is 1. The number of nitrogens with one attached hydrogen (secondary N) is 2. The number of hydrogen-bond donors (Lipinski definition) is 2. The number of carbonyl (C=O) groups is 1. The average Bonchev–Trinajstić information content (AvgIpc) is 3.14. The minimum Gasteiger partial charge on any atom is -0.373 e. The summed E-state index contributed by atoms with van der Waals surface area (Å²) < 4.78 is 5.16. The van der Waals surface area contributed by atoms with Crippen LogP contribution < -0.4 is 10.8 Å². The van der Waals surface area contributed by atoms with Gasteiger partial charge in [-0.25, -0.2) is 5.48 Å². The molecule has 1 aromatic heterocycles. The van der Waals surface area contributed by atoms with Crippen LogP contribution in [0, 0.1) is 19.3 Å². The number of carbonyl (C=O) groups excluding carboxylic acids is 1. The first-order valence-corrected chi connectivity index (χ1v) is 8.62. The molecule has 1 saturated heterocycles. The number of hydroxylamine groups is 1. The third-order valence-electron chi connectivity index (χ3n) is 4.64. The lowest BCUT2D eigenvalue weighted by molar-refractivity contribution is -0.132. The van der Waals surface area contributed by atoms with Crippen LogP contribution in [0.25, 0.3) is 0 Å². The molecule has 8 heteroatoms. The van der Waals surface area contributed by atoms with Gasteiger partial charge in [-0.15, -0.1) is 0 Å². The highest BCUT2D eigenvalue weighted by Crippen LogP contribution is 2.30. The predicted octanol–water partition coefficient (Wildman–Crippen LogP) is 1.61. The number of aryl methyl sites for hydroxylation is 2. The predicted molar refractivity (Wildman–Crippen MR) is 92.4 cm³/mol. The van der Waals surface area contributed by atoms with Crippen molar-refractivity contribution < 1.29 is 14.2 Å². The highest BCUT2D eigenvalue weighted by molar-refractivity contribution is 5.97. The summed E-state index contributed by atoms with van der Waals surface area (Å²) in [5.41, 5.74) is 3.94. The fraction of sp³-hybridized carbons (Fsp3) is 0.588. The summed E-state index contributed by atoms with van der Waals surface area (Å²) in [7, 11) is 0. The molecule has 1 unspecified atom stereocenters. The fourth-order valence-corrected chi connectivity index (χ4v) is 3.33. The van der Waals surface area contributed by atoms with E-state index in [1.807, 2.05) is 33.9 Å². The highest BCUT2D eigenvalue weighted by atomic mass is 16.7. The van der Waals surface area contributed by atoms with Crippen molar-refractivity contribution in [1.82, 2.24) is 20.9 Å². The maximum Gasteiger partial charge on any atom is 0.260 e. The summed E-state index contributed by atoms with van der Waals surface area (Å²) in [5.74, 6) is 1.83. The van der Waals surface area contributed by atoms with E-state index in [1.54, 1.807) is 0 Å². The van der Waals surface area contributed by atoms with E-state index in [4.69, 9.17) is 9.36 Å². The lowest BCUT2D eigenvalue weighted by atomic mass is 9.81. The van der Waals surface area contributed by atoms with Crippen molar-refractivity contribution in [2.24, 2.45) is 10.4 Å². The molecule has 1 amide bonds. The van der Waals surface area contributed by atoms with Crippen LogP contribution in [-0.2, 0) is 9.63 Å². The van der Waals surface area contributed by atoms with Crippen LogP contribution in [0.15, 0.2) is 21.5 Å². The van der Waals surface area contributed by atoms with E-state index in [0.29, 0.717) is 30.6 Å². The van der Waals surface area contributed by atoms with E-state index in [2.05, 4.69) is 25.8 Å². The molecule has 0 bridgehead atoms. The first kappa shape index (κ1) is 17.3. The maximum absolute atomic E-state index is 12.3. The van der Waals surface area contributed by atoms with Gasteiger partial charge >= 0.3 is 0 Å². The molecule has 3 rings (SSSR count). The third-order valence-corrected chi connectivity index (χ3v) is 4.64. The molecule has 0 radical (unpaired) electrons. The zero-order chi connectivity index (χ0) is 18.0. The topological polar surface area (TPSA) is 92.0 Å². The van der Waals surface area contributed by atoms with Crippen LogP contribution in [-0.4, -0.2) is 41.5 Å². The molecule has 0 aromatic carbocycles. The standard InChI is InChI=1S/C17H25N5O3/c1-5-18-16(23)17(4)7-6-8-22(10-17)9-13-19-15(25-21-13)14-11(2)20-24-12(14)3/h9,21H,5-8,10H2,1-4H3,(H,18,23). The smallest absolute Gasteiger partial charge is 0.260 e. The lowest BCUT2D eigenvalue weighted by Gasteiger charge is -2.38. The third kappa shape index (κ3) is 3.47. The number of likely N-dealkylation sites (tertiary alicyclic amines) is 1. The number of hydrogen-bond acceptors (Lipinski definition) is 7. The summed E-state index contributed by atoms with van der Waals surface area (Å²) in [4.78, 5) is 24.4. The van der Waals surface area contributed by atoms with E-state index in [9.17, 15) is 4.79 Å². The van der Waals surface area contributed by atoms with Gasteiger partial charge in [-0.1, -0.05) is 5.16 Å². The van der Waals surface area contributed by atoms with Gasteiger partial charge in [0.25, 0.3) is 5.90 Å². The van der Waals surface area contributed by atoms with E-state index < -0.39 is 0 Å². The molecule has 2 aliphatic rings. The fourth-order valence-electron chi connectivity index (χ4n) is 3.33. The van der Waals surface area contributed by atoms with Crippen LogP contribution in [0.1, 0.15) is 43.7 Å². The van der Waals surface area contributed by atoms with E-state index in [-0.39, 0.29) is 11.3 Å². The molecular weight excluding hydrogens is 322 g/mol. The molecule has 0 saturated carbocycles. The Bertz CT molecular complexity index is 704. The van der Waals surface area contributed by atoms with Crippen LogP contribution >= 0.6 is 0 Å². The Balaban J connectivity index is 1.74. The molecule has 1 fully saturated rings. The van der Waals surface area contributed by atoms with Crippen LogP contribution in [0.2, 0.25) is 0 Å². The minimum atomic E-state index is -0.390. The van der Waals surface area contributed by atoms with Gasteiger partial charge < -0.3 is 19.6 Å². The van der Waals surface area contributed by atoms with Crippen molar-refractivity contribution in [3.63, 3.8) is 0 Å². The Kier molecular flexibility index (Phi) is 4.69. The van der Waals surface area contributed by atoms with Crippen LogP contribution in [0.4, 0.5) is 0 Å². The number of piperidine rings is 1. The van der Waals surface area contributed by atoms with E-state index in [0.717, 1.165) is 30.6 Å². The van der Waals surface area contributed by atoms with Gasteiger partial charge in [0, 0.05) is 25.8 Å². The lowest BCUT2D eigenvalue weighted by Crippen LogP contribution is -2.49. The van der Waals surface area contributed by atoms with Crippen molar-refractivity contribution in [3.8, 4) is 0 Å². The minimum absolute atomic E-state index is 0.105. The first-order chi connectivity index (χ1) is 11.9. The molecule has 1 aromatic rings. The number of aromatic nitrogens is 1. The summed E-state index contributed by atoms with van der Waals surface area (Å²) >= 11 is 0. The molecule has 2 aliphatic heterocycles. The van der Waals surface area contributed by atoms with Crippen molar-refractivity contribution in [1.29, 1.82) is 0 Å². The molecule has 0 spiro atoms. The van der Waals surface area contributed by atoms with Gasteiger partial charge in [-0.3, -0.25) is 4.79 Å². The van der Waals surface area contributed by atoms with Gasteiger partial charge in [0.15, 0.2) is 5.82 Å². The summed E-state index contributed by atoms with van der Waals surface area (Å²) in [6.07, 6.45) is 3.75. The molecule has 1 atom stereocenters. The zero-order valence-electron chi connectivity index (χ0n) is 15.2. The van der Waals surface area contributed by atoms with E-state index in [1.165, 1.54) is 0 Å². The Labute approximate surface area is 147 Å². The average molecular weight is 347 g/mol. The Morgan fingerprint density at radius 3 is 2.96 bits per heavy atom. The monoisotopic (exact) mass is 347 g/mol. The molecule has 3 heterocycles. The normalized spacial score (nSPS) is 24.7. The summed E-state index contributed by atoms with van der Waals surface area (Å²) in [5, 5.41) is 6.86. The number of nitrogens with zero attached hydrogens (tertiary/aromatic N) is 3. The molecule has 0 aliphatic carbocycles. The Morgan fingerprint density at radius 1 is 1.48 bits per heavy atom. The van der Waals surface area contributed by atoms with Crippen molar-refractivity contribution >= 4 is 11.8 Å². The molecule has 2 N–H and O–H groups in total.